The number of halogens is 2. The van der Waals surface area contributed by atoms with Gasteiger partial charge in [0.2, 0.25) is 5.76 Å². The van der Waals surface area contributed by atoms with Crippen LogP contribution in [0, 0.1) is 6.92 Å². The van der Waals surface area contributed by atoms with Crippen molar-refractivity contribution in [2.24, 2.45) is 0 Å². The van der Waals surface area contributed by atoms with Crippen molar-refractivity contribution in [2.45, 2.75) is 13.0 Å². The summed E-state index contributed by atoms with van der Waals surface area (Å²) in [4.78, 5) is 32.7. The van der Waals surface area contributed by atoms with Gasteiger partial charge in [-0.25, -0.2) is 4.98 Å². The van der Waals surface area contributed by atoms with Gasteiger partial charge in [0.25, 0.3) is 5.91 Å². The van der Waals surface area contributed by atoms with Crippen molar-refractivity contribution < 1.29 is 9.21 Å². The van der Waals surface area contributed by atoms with Gasteiger partial charge in [0, 0.05) is 6.20 Å². The lowest BCUT2D eigenvalue weighted by atomic mass is 9.98. The molecule has 0 saturated heterocycles. The van der Waals surface area contributed by atoms with E-state index in [0.29, 0.717) is 32.4 Å². The Balaban J connectivity index is 1.84. The molecule has 5 rings (SSSR count). The third-order valence-electron chi connectivity index (χ3n) is 5.18. The third-order valence-corrected chi connectivity index (χ3v) is 5.92. The van der Waals surface area contributed by atoms with Crippen LogP contribution in [0.4, 0.5) is 5.82 Å². The molecule has 0 unspecified atom stereocenters. The van der Waals surface area contributed by atoms with E-state index in [-0.39, 0.29) is 16.8 Å². The summed E-state index contributed by atoms with van der Waals surface area (Å²) >= 11 is 12.3. The summed E-state index contributed by atoms with van der Waals surface area (Å²) in [5.41, 5.74) is 1.95. The second kappa shape index (κ2) is 6.97. The second-order valence-electron chi connectivity index (χ2n) is 7.11. The first-order chi connectivity index (χ1) is 14.5. The van der Waals surface area contributed by atoms with E-state index in [2.05, 4.69) is 4.98 Å². The van der Waals surface area contributed by atoms with Crippen LogP contribution >= 0.6 is 23.2 Å². The van der Waals surface area contributed by atoms with E-state index in [1.807, 2.05) is 13.0 Å². The summed E-state index contributed by atoms with van der Waals surface area (Å²) in [7, 11) is 0. The molecule has 2 aromatic carbocycles. The normalized spacial score (nSPS) is 15.6. The lowest BCUT2D eigenvalue weighted by Gasteiger charge is -2.24. The molecule has 1 amide bonds. The van der Waals surface area contributed by atoms with E-state index in [4.69, 9.17) is 27.6 Å². The first-order valence-corrected chi connectivity index (χ1v) is 9.98. The Morgan fingerprint density at radius 2 is 1.83 bits per heavy atom. The maximum absolute atomic E-state index is 13.5. The van der Waals surface area contributed by atoms with Crippen LogP contribution in [-0.4, -0.2) is 10.9 Å². The van der Waals surface area contributed by atoms with Gasteiger partial charge >= 0.3 is 0 Å². The highest BCUT2D eigenvalue weighted by Gasteiger charge is 2.44. The average molecular weight is 437 g/mol. The van der Waals surface area contributed by atoms with Crippen molar-refractivity contribution in [1.82, 2.24) is 4.98 Å². The van der Waals surface area contributed by atoms with Gasteiger partial charge < -0.3 is 4.42 Å². The van der Waals surface area contributed by atoms with E-state index >= 15 is 0 Å². The summed E-state index contributed by atoms with van der Waals surface area (Å²) < 4.78 is 5.93. The van der Waals surface area contributed by atoms with Crippen LogP contribution in [0.15, 0.2) is 70.0 Å². The fourth-order valence-electron chi connectivity index (χ4n) is 3.82. The van der Waals surface area contributed by atoms with E-state index in [0.717, 1.165) is 5.56 Å². The molecule has 2 aromatic heterocycles. The summed E-state index contributed by atoms with van der Waals surface area (Å²) in [6.45, 7) is 1.90. The van der Waals surface area contributed by atoms with E-state index in [1.54, 1.807) is 54.7 Å². The minimum Gasteiger partial charge on any atom is -0.450 e. The predicted molar refractivity (Wildman–Crippen MR) is 117 cm³/mol. The number of amides is 1. The zero-order valence-electron chi connectivity index (χ0n) is 15.7. The number of rotatable bonds is 2. The summed E-state index contributed by atoms with van der Waals surface area (Å²) in [5.74, 6) is -0.0120. The summed E-state index contributed by atoms with van der Waals surface area (Å²) in [5, 5.41) is 1.14. The first kappa shape index (κ1) is 18.9. The molecular weight excluding hydrogens is 423 g/mol. The predicted octanol–water partition coefficient (Wildman–Crippen LogP) is 5.55. The highest BCUT2D eigenvalue weighted by atomic mass is 35.5. The van der Waals surface area contributed by atoms with Crippen molar-refractivity contribution in [3.05, 3.63) is 104 Å². The van der Waals surface area contributed by atoms with Crippen LogP contribution in [0.5, 0.6) is 0 Å². The van der Waals surface area contributed by atoms with Gasteiger partial charge in [-0.2, -0.15) is 0 Å². The lowest BCUT2D eigenvalue weighted by Crippen LogP contribution is -2.30. The van der Waals surface area contributed by atoms with Crippen LogP contribution in [0.2, 0.25) is 10.0 Å². The van der Waals surface area contributed by atoms with Gasteiger partial charge in [-0.3, -0.25) is 14.5 Å². The topological polar surface area (TPSA) is 63.4 Å². The monoisotopic (exact) mass is 436 g/mol. The molecule has 1 aliphatic heterocycles. The summed E-state index contributed by atoms with van der Waals surface area (Å²) in [6, 6.07) is 14.9. The third kappa shape index (κ3) is 2.82. The maximum atomic E-state index is 13.5. The van der Waals surface area contributed by atoms with Crippen molar-refractivity contribution in [3.63, 3.8) is 0 Å². The Morgan fingerprint density at radius 1 is 1.00 bits per heavy atom. The number of fused-ring (bicyclic) bond motifs is 2. The largest absolute Gasteiger partial charge is 0.450 e. The van der Waals surface area contributed by atoms with Crippen molar-refractivity contribution in [2.75, 3.05) is 4.90 Å². The van der Waals surface area contributed by atoms with Crippen molar-refractivity contribution in [3.8, 4) is 0 Å². The fraction of sp³-hybridized carbons (Fsp3) is 0.0870. The molecule has 5 nitrogen and oxygen atoms in total. The minimum atomic E-state index is -0.738. The van der Waals surface area contributed by atoms with Crippen LogP contribution < -0.4 is 10.3 Å². The number of anilines is 1. The molecule has 0 fully saturated rings. The lowest BCUT2D eigenvalue weighted by molar-refractivity contribution is 0.0970. The Labute approximate surface area is 181 Å². The Bertz CT molecular complexity index is 1380. The van der Waals surface area contributed by atoms with E-state index < -0.39 is 11.9 Å². The molecule has 0 spiro atoms. The van der Waals surface area contributed by atoms with Gasteiger partial charge in [-0.15, -0.1) is 0 Å². The van der Waals surface area contributed by atoms with Gasteiger partial charge in [0.15, 0.2) is 5.43 Å². The number of aryl methyl sites for hydroxylation is 1. The highest BCUT2D eigenvalue weighted by molar-refractivity contribution is 6.42. The van der Waals surface area contributed by atoms with Gasteiger partial charge in [-0.1, -0.05) is 47.0 Å². The highest BCUT2D eigenvalue weighted by Crippen LogP contribution is 2.41. The van der Waals surface area contributed by atoms with Gasteiger partial charge in [0.05, 0.1) is 27.0 Å². The maximum Gasteiger partial charge on any atom is 0.296 e. The molecule has 1 aliphatic rings. The zero-order valence-corrected chi connectivity index (χ0v) is 17.2. The van der Waals surface area contributed by atoms with Crippen molar-refractivity contribution in [1.29, 1.82) is 0 Å². The molecule has 3 heterocycles. The van der Waals surface area contributed by atoms with Crippen LogP contribution in [-0.2, 0) is 0 Å². The van der Waals surface area contributed by atoms with E-state index in [9.17, 15) is 9.59 Å². The first-order valence-electron chi connectivity index (χ1n) is 9.22. The molecule has 0 aliphatic carbocycles. The molecule has 7 heteroatoms. The van der Waals surface area contributed by atoms with Crippen LogP contribution in [0.3, 0.4) is 0 Å². The number of pyridine rings is 1. The standard InChI is InChI=1S/C23H14Cl2N2O3/c1-12-5-8-17-14(10-12)21(28)19-20(13-6-7-15(24)16(25)11-13)27(23(29)22(19)30-17)18-4-2-3-9-26-18/h2-11,20H,1H3/t20-/m1/s1. The molecule has 148 valence electrons. The van der Waals surface area contributed by atoms with Crippen LogP contribution in [0.25, 0.3) is 11.0 Å². The number of benzene rings is 2. The number of nitrogens with zero attached hydrogens (tertiary/aromatic N) is 2. The van der Waals surface area contributed by atoms with Gasteiger partial charge in [-0.05, 0) is 48.9 Å². The summed E-state index contributed by atoms with van der Waals surface area (Å²) in [6.07, 6.45) is 1.59. The molecule has 4 aromatic rings. The minimum absolute atomic E-state index is 0.0121. The molecular formula is C23H14Cl2N2O3. The average Bonchev–Trinajstić information content (AvgIpc) is 3.04. The molecule has 30 heavy (non-hydrogen) atoms. The van der Waals surface area contributed by atoms with Crippen LogP contribution in [0.1, 0.15) is 33.3 Å². The Kier molecular flexibility index (Phi) is 4.38. The zero-order chi connectivity index (χ0) is 21.0. The van der Waals surface area contributed by atoms with Crippen molar-refractivity contribution >= 4 is 45.9 Å². The second-order valence-corrected chi connectivity index (χ2v) is 7.93. The smallest absolute Gasteiger partial charge is 0.296 e. The van der Waals surface area contributed by atoms with E-state index in [1.165, 1.54) is 4.90 Å². The number of hydrogen-bond donors (Lipinski definition) is 0. The molecule has 1 atom stereocenters. The molecule has 0 saturated carbocycles. The Morgan fingerprint density at radius 3 is 2.57 bits per heavy atom. The molecule has 0 radical (unpaired) electrons. The SMILES string of the molecule is Cc1ccc2oc3c(c(=O)c2c1)[C@@H](c1ccc(Cl)c(Cl)c1)N(c1ccccn1)C3=O. The molecule has 0 N–H and O–H groups in total. The number of carbonyl (C=O) groups excluding carboxylic acids is 1. The number of hydrogen-bond acceptors (Lipinski definition) is 4. The molecule has 0 bridgehead atoms. The number of carbonyl (C=O) groups is 1. The Hall–Kier alpha value is -3.15. The van der Waals surface area contributed by atoms with Gasteiger partial charge in [0.1, 0.15) is 11.4 Å². The number of aromatic nitrogens is 1. The fourth-order valence-corrected chi connectivity index (χ4v) is 4.12. The quantitative estimate of drug-likeness (QED) is 0.412.